The van der Waals surface area contributed by atoms with Gasteiger partial charge in [-0.3, -0.25) is 0 Å². The third-order valence-corrected chi connectivity index (χ3v) is 2.29. The standard InChI is InChI=1S/C11H12N4O3/c1-6-3-9(15(2)14-6)18-10-8(12)4-7(5-13-10)11(16)17/h3-5H,12H2,1-2H3,(H,16,17). The molecule has 2 heterocycles. The number of nitrogens with zero attached hydrogens (tertiary/aromatic N) is 3. The van der Waals surface area contributed by atoms with Crippen molar-refractivity contribution < 1.29 is 14.6 Å². The highest BCUT2D eigenvalue weighted by atomic mass is 16.5. The van der Waals surface area contributed by atoms with Crippen molar-refractivity contribution in [2.75, 3.05) is 5.73 Å². The van der Waals surface area contributed by atoms with Crippen molar-refractivity contribution in [3.8, 4) is 11.8 Å². The highest BCUT2D eigenvalue weighted by Gasteiger charge is 2.11. The number of rotatable bonds is 3. The van der Waals surface area contributed by atoms with E-state index in [1.807, 2.05) is 6.92 Å². The highest BCUT2D eigenvalue weighted by molar-refractivity contribution is 5.88. The van der Waals surface area contributed by atoms with Crippen molar-refractivity contribution in [1.29, 1.82) is 0 Å². The lowest BCUT2D eigenvalue weighted by atomic mass is 10.2. The number of pyridine rings is 1. The zero-order chi connectivity index (χ0) is 13.3. The van der Waals surface area contributed by atoms with E-state index in [0.29, 0.717) is 5.88 Å². The summed E-state index contributed by atoms with van der Waals surface area (Å²) >= 11 is 0. The summed E-state index contributed by atoms with van der Waals surface area (Å²) in [5.41, 5.74) is 6.66. The van der Waals surface area contributed by atoms with E-state index >= 15 is 0 Å². The summed E-state index contributed by atoms with van der Waals surface area (Å²) < 4.78 is 7.01. The first kappa shape index (κ1) is 11.9. The Bertz CT molecular complexity index is 606. The molecule has 0 unspecified atom stereocenters. The van der Waals surface area contributed by atoms with Gasteiger partial charge in [0, 0.05) is 19.3 Å². The number of nitrogens with two attached hydrogens (primary N) is 1. The summed E-state index contributed by atoms with van der Waals surface area (Å²) in [4.78, 5) is 14.6. The van der Waals surface area contributed by atoms with Crippen LogP contribution in [0.15, 0.2) is 18.3 Å². The molecule has 0 atom stereocenters. The number of carboxylic acids is 1. The molecule has 94 valence electrons. The maximum atomic E-state index is 10.7. The number of hydrogen-bond donors (Lipinski definition) is 2. The molecule has 0 saturated carbocycles. The zero-order valence-electron chi connectivity index (χ0n) is 9.91. The minimum Gasteiger partial charge on any atom is -0.478 e. The number of hydrogen-bond acceptors (Lipinski definition) is 5. The average molecular weight is 248 g/mol. The molecule has 0 aromatic carbocycles. The smallest absolute Gasteiger partial charge is 0.337 e. The fraction of sp³-hybridized carbons (Fsp3) is 0.182. The van der Waals surface area contributed by atoms with Gasteiger partial charge in [-0.15, -0.1) is 0 Å². The van der Waals surface area contributed by atoms with Gasteiger partial charge in [0.15, 0.2) is 0 Å². The second-order valence-electron chi connectivity index (χ2n) is 3.77. The Balaban J connectivity index is 2.30. The predicted molar refractivity (Wildman–Crippen MR) is 63.6 cm³/mol. The van der Waals surface area contributed by atoms with Gasteiger partial charge < -0.3 is 15.6 Å². The van der Waals surface area contributed by atoms with E-state index in [4.69, 9.17) is 15.6 Å². The molecule has 0 radical (unpaired) electrons. The largest absolute Gasteiger partial charge is 0.478 e. The van der Waals surface area contributed by atoms with E-state index < -0.39 is 5.97 Å². The van der Waals surface area contributed by atoms with Crippen LogP contribution in [0.3, 0.4) is 0 Å². The van der Waals surface area contributed by atoms with Crippen LogP contribution in [-0.4, -0.2) is 25.8 Å². The van der Waals surface area contributed by atoms with Crippen LogP contribution in [-0.2, 0) is 7.05 Å². The summed E-state index contributed by atoms with van der Waals surface area (Å²) in [5.74, 6) is -0.449. The van der Waals surface area contributed by atoms with Gasteiger partial charge in [0.05, 0.1) is 16.9 Å². The first-order chi connectivity index (χ1) is 8.47. The Morgan fingerprint density at radius 1 is 1.50 bits per heavy atom. The molecule has 0 spiro atoms. The molecule has 0 aliphatic heterocycles. The lowest BCUT2D eigenvalue weighted by Crippen LogP contribution is -2.03. The van der Waals surface area contributed by atoms with Crippen LogP contribution < -0.4 is 10.5 Å². The van der Waals surface area contributed by atoms with E-state index in [-0.39, 0.29) is 17.1 Å². The van der Waals surface area contributed by atoms with E-state index in [2.05, 4.69) is 10.1 Å². The van der Waals surface area contributed by atoms with Crippen LogP contribution in [0.1, 0.15) is 16.1 Å². The SMILES string of the molecule is Cc1cc(Oc2ncc(C(=O)O)cc2N)n(C)n1. The van der Waals surface area contributed by atoms with Crippen LogP contribution in [0, 0.1) is 6.92 Å². The summed E-state index contributed by atoms with van der Waals surface area (Å²) in [6, 6.07) is 3.03. The number of aryl methyl sites for hydroxylation is 2. The quantitative estimate of drug-likeness (QED) is 0.845. The van der Waals surface area contributed by atoms with Crippen molar-refractivity contribution in [2.45, 2.75) is 6.92 Å². The molecule has 0 bridgehead atoms. The van der Waals surface area contributed by atoms with Gasteiger partial charge >= 0.3 is 5.97 Å². The van der Waals surface area contributed by atoms with Crippen molar-refractivity contribution in [3.63, 3.8) is 0 Å². The number of nitrogen functional groups attached to an aromatic ring is 1. The molecule has 2 aromatic rings. The van der Waals surface area contributed by atoms with Gasteiger partial charge in [0.2, 0.25) is 11.8 Å². The molecule has 18 heavy (non-hydrogen) atoms. The first-order valence-electron chi connectivity index (χ1n) is 5.14. The number of aromatic carboxylic acids is 1. The second-order valence-corrected chi connectivity index (χ2v) is 3.77. The normalized spacial score (nSPS) is 10.3. The number of carboxylic acid groups (broad SMARTS) is 1. The molecule has 0 saturated heterocycles. The lowest BCUT2D eigenvalue weighted by molar-refractivity contribution is 0.0696. The molecule has 0 aliphatic carbocycles. The van der Waals surface area contributed by atoms with E-state index in [1.165, 1.54) is 12.3 Å². The lowest BCUT2D eigenvalue weighted by Gasteiger charge is -2.07. The number of carbonyl (C=O) groups is 1. The van der Waals surface area contributed by atoms with Gasteiger partial charge in [0.1, 0.15) is 0 Å². The maximum absolute atomic E-state index is 10.7. The molecule has 2 aromatic heterocycles. The molecule has 2 rings (SSSR count). The van der Waals surface area contributed by atoms with Gasteiger partial charge in [-0.2, -0.15) is 5.10 Å². The Hall–Kier alpha value is -2.57. The predicted octanol–water partition coefficient (Wildman–Crippen LogP) is 1.20. The molecule has 0 aliphatic rings. The molecular formula is C11H12N4O3. The molecule has 3 N–H and O–H groups in total. The summed E-state index contributed by atoms with van der Waals surface area (Å²) in [5, 5.41) is 12.9. The van der Waals surface area contributed by atoms with Crippen LogP contribution >= 0.6 is 0 Å². The van der Waals surface area contributed by atoms with Gasteiger partial charge in [0.25, 0.3) is 0 Å². The minimum absolute atomic E-state index is 0.0148. The van der Waals surface area contributed by atoms with Gasteiger partial charge in [-0.05, 0) is 13.0 Å². The monoisotopic (exact) mass is 248 g/mol. The number of anilines is 1. The fourth-order valence-corrected chi connectivity index (χ4v) is 1.45. The maximum Gasteiger partial charge on any atom is 0.337 e. The number of ether oxygens (including phenoxy) is 1. The third kappa shape index (κ3) is 2.24. The van der Waals surface area contributed by atoms with Crippen LogP contribution in [0.2, 0.25) is 0 Å². The van der Waals surface area contributed by atoms with E-state index in [9.17, 15) is 4.79 Å². The highest BCUT2D eigenvalue weighted by Crippen LogP contribution is 2.25. The average Bonchev–Trinajstić information content (AvgIpc) is 2.60. The van der Waals surface area contributed by atoms with Gasteiger partial charge in [-0.25, -0.2) is 14.5 Å². The minimum atomic E-state index is -1.09. The Morgan fingerprint density at radius 2 is 2.22 bits per heavy atom. The summed E-state index contributed by atoms with van der Waals surface area (Å²) in [6.45, 7) is 1.83. The van der Waals surface area contributed by atoms with Crippen molar-refractivity contribution in [3.05, 3.63) is 29.6 Å². The molecule has 7 nitrogen and oxygen atoms in total. The molecular weight excluding hydrogens is 236 g/mol. The molecule has 0 amide bonds. The van der Waals surface area contributed by atoms with E-state index in [1.54, 1.807) is 17.8 Å². The topological polar surface area (TPSA) is 103 Å². The Labute approximate surface area is 103 Å². The van der Waals surface area contributed by atoms with Gasteiger partial charge in [-0.1, -0.05) is 0 Å². The molecule has 7 heteroatoms. The van der Waals surface area contributed by atoms with Crippen LogP contribution in [0.4, 0.5) is 5.69 Å². The number of aromatic nitrogens is 3. The van der Waals surface area contributed by atoms with Crippen molar-refractivity contribution in [2.24, 2.45) is 7.05 Å². The molecule has 0 fully saturated rings. The fourth-order valence-electron chi connectivity index (χ4n) is 1.45. The summed E-state index contributed by atoms with van der Waals surface area (Å²) in [6.07, 6.45) is 1.19. The Kier molecular flexibility index (Phi) is 2.88. The third-order valence-electron chi connectivity index (χ3n) is 2.29. The Morgan fingerprint density at radius 3 is 2.72 bits per heavy atom. The second kappa shape index (κ2) is 4.36. The zero-order valence-corrected chi connectivity index (χ0v) is 9.91. The van der Waals surface area contributed by atoms with Crippen LogP contribution in [0.5, 0.6) is 11.8 Å². The summed E-state index contributed by atoms with van der Waals surface area (Å²) in [7, 11) is 1.73. The van der Waals surface area contributed by atoms with E-state index in [0.717, 1.165) is 5.69 Å². The van der Waals surface area contributed by atoms with Crippen molar-refractivity contribution in [1.82, 2.24) is 14.8 Å². The first-order valence-corrected chi connectivity index (χ1v) is 5.14. The van der Waals surface area contributed by atoms with Crippen molar-refractivity contribution >= 4 is 11.7 Å². The van der Waals surface area contributed by atoms with Crippen LogP contribution in [0.25, 0.3) is 0 Å².